The van der Waals surface area contributed by atoms with Gasteiger partial charge in [-0.05, 0) is 19.1 Å². The lowest BCUT2D eigenvalue weighted by atomic mass is 10.2. The number of allylic oxidation sites excluding steroid dienone is 4. The van der Waals surface area contributed by atoms with E-state index in [9.17, 15) is 13.2 Å². The molecule has 1 aliphatic rings. The van der Waals surface area contributed by atoms with Crippen LogP contribution in [0.3, 0.4) is 0 Å². The molecule has 1 aromatic heterocycles. The molecule has 0 spiro atoms. The van der Waals surface area contributed by atoms with Gasteiger partial charge in [-0.25, -0.2) is 4.98 Å². The Hall–Kier alpha value is -2.27. The average Bonchev–Trinajstić information content (AvgIpc) is 2.55. The Kier molecular flexibility index (Phi) is 3.08. The van der Waals surface area contributed by atoms with Gasteiger partial charge in [0.25, 0.3) is 0 Å². The summed E-state index contributed by atoms with van der Waals surface area (Å²) in [4.78, 5) is 3.97. The number of hydrogen-bond donors (Lipinski definition) is 1. The molecular weight excluding hydrogens is 247 g/mol. The first-order chi connectivity index (χ1) is 8.46. The van der Waals surface area contributed by atoms with Crippen LogP contribution in [0.1, 0.15) is 11.6 Å². The van der Waals surface area contributed by atoms with Crippen LogP contribution in [0.15, 0.2) is 35.8 Å². The van der Waals surface area contributed by atoms with E-state index in [1.165, 1.54) is 18.2 Å². The fourth-order valence-corrected chi connectivity index (χ4v) is 1.32. The highest BCUT2D eigenvalue weighted by Gasteiger charge is 2.34. The van der Waals surface area contributed by atoms with Gasteiger partial charge in [-0.2, -0.15) is 5.10 Å². The van der Waals surface area contributed by atoms with Crippen LogP contribution in [0.2, 0.25) is 0 Å². The zero-order valence-corrected chi connectivity index (χ0v) is 9.25. The summed E-state index contributed by atoms with van der Waals surface area (Å²) in [5.41, 5.74) is 2.51. The van der Waals surface area contributed by atoms with Crippen molar-refractivity contribution in [2.24, 2.45) is 0 Å². The minimum absolute atomic E-state index is 0.113. The van der Waals surface area contributed by atoms with Gasteiger partial charge in [0.2, 0.25) is 0 Å². The number of alkyl halides is 3. The predicted molar refractivity (Wildman–Crippen MR) is 57.0 cm³/mol. The number of aromatic amines is 1. The third-order valence-corrected chi connectivity index (χ3v) is 1.99. The molecule has 0 aliphatic heterocycles. The predicted octanol–water partition coefficient (Wildman–Crippen LogP) is 2.64. The average molecular weight is 255 g/mol. The summed E-state index contributed by atoms with van der Waals surface area (Å²) < 4.78 is 40.7. The standard InChI is InChI=1S/C11H8F3N3O/c1-7-15-10(17-16-7)8-5-3-2-4-6-9(8)18-11(12,13)14/h2-5H,1H3,(H,15,16,17). The topological polar surface area (TPSA) is 50.8 Å². The highest BCUT2D eigenvalue weighted by molar-refractivity contribution is 5.74. The molecule has 0 unspecified atom stereocenters. The van der Waals surface area contributed by atoms with Crippen LogP contribution in [0.4, 0.5) is 13.2 Å². The maximum Gasteiger partial charge on any atom is 0.573 e. The molecule has 4 nitrogen and oxygen atoms in total. The van der Waals surface area contributed by atoms with Crippen molar-refractivity contribution in [2.45, 2.75) is 13.3 Å². The summed E-state index contributed by atoms with van der Waals surface area (Å²) in [5, 5.41) is 6.36. The zero-order chi connectivity index (χ0) is 13.2. The maximum absolute atomic E-state index is 12.3. The van der Waals surface area contributed by atoms with Gasteiger partial charge >= 0.3 is 6.36 Å². The minimum atomic E-state index is -4.79. The molecular formula is C11H8F3N3O. The summed E-state index contributed by atoms with van der Waals surface area (Å²) in [7, 11) is 0. The number of hydrogen-bond acceptors (Lipinski definition) is 3. The Morgan fingerprint density at radius 2 is 2.11 bits per heavy atom. The second-order valence-corrected chi connectivity index (χ2v) is 3.40. The number of nitrogens with one attached hydrogen (secondary N) is 1. The molecule has 2 rings (SSSR count). The highest BCUT2D eigenvalue weighted by atomic mass is 19.4. The fourth-order valence-electron chi connectivity index (χ4n) is 1.32. The van der Waals surface area contributed by atoms with Crippen molar-refractivity contribution < 1.29 is 17.9 Å². The monoisotopic (exact) mass is 255 g/mol. The van der Waals surface area contributed by atoms with Gasteiger partial charge in [0.15, 0.2) is 11.6 Å². The van der Waals surface area contributed by atoms with Crippen molar-refractivity contribution in [3.63, 3.8) is 0 Å². The van der Waals surface area contributed by atoms with E-state index in [0.29, 0.717) is 5.82 Å². The smallest absolute Gasteiger partial charge is 0.397 e. The molecule has 1 N–H and O–H groups in total. The Labute approximate surface area is 100 Å². The lowest BCUT2D eigenvalue weighted by Crippen LogP contribution is -2.13. The van der Waals surface area contributed by atoms with E-state index in [2.05, 4.69) is 25.6 Å². The van der Waals surface area contributed by atoms with Crippen molar-refractivity contribution in [3.05, 3.63) is 47.4 Å². The van der Waals surface area contributed by atoms with Crippen LogP contribution in [-0.2, 0) is 4.74 Å². The van der Waals surface area contributed by atoms with Gasteiger partial charge in [0.1, 0.15) is 5.82 Å². The van der Waals surface area contributed by atoms with Gasteiger partial charge in [0.05, 0.1) is 5.57 Å². The Morgan fingerprint density at radius 1 is 1.33 bits per heavy atom. The van der Waals surface area contributed by atoms with Crippen molar-refractivity contribution in [1.82, 2.24) is 15.2 Å². The van der Waals surface area contributed by atoms with Crippen LogP contribution >= 0.6 is 0 Å². The van der Waals surface area contributed by atoms with Crippen LogP contribution in [0.25, 0.3) is 5.57 Å². The number of ether oxygens (including phenoxy) is 1. The van der Waals surface area contributed by atoms with E-state index < -0.39 is 12.1 Å². The molecule has 0 fully saturated rings. The molecule has 94 valence electrons. The number of aromatic nitrogens is 3. The molecule has 0 saturated heterocycles. The number of H-pyrrole nitrogens is 1. The summed E-state index contributed by atoms with van der Waals surface area (Å²) in [5.74, 6) is 0.153. The zero-order valence-electron chi connectivity index (χ0n) is 9.25. The van der Waals surface area contributed by atoms with E-state index in [0.717, 1.165) is 0 Å². The van der Waals surface area contributed by atoms with Crippen LogP contribution in [0.5, 0.6) is 0 Å². The molecule has 1 heterocycles. The molecule has 0 saturated carbocycles. The summed E-state index contributed by atoms with van der Waals surface area (Å²) >= 11 is 0. The summed E-state index contributed by atoms with van der Waals surface area (Å²) in [6, 6.07) is 0. The van der Waals surface area contributed by atoms with Gasteiger partial charge in [0, 0.05) is 0 Å². The van der Waals surface area contributed by atoms with Crippen LogP contribution in [-0.4, -0.2) is 21.5 Å². The number of halogens is 3. The van der Waals surface area contributed by atoms with Gasteiger partial charge < -0.3 is 4.74 Å². The molecule has 1 aliphatic carbocycles. The number of nitrogens with zero attached hydrogens (tertiary/aromatic N) is 2. The largest absolute Gasteiger partial charge is 0.573 e. The first-order valence-corrected chi connectivity index (χ1v) is 4.95. The second-order valence-electron chi connectivity index (χ2n) is 3.40. The molecule has 0 amide bonds. The van der Waals surface area contributed by atoms with Gasteiger partial charge in [-0.15, -0.1) is 13.2 Å². The van der Waals surface area contributed by atoms with Crippen LogP contribution in [0, 0.1) is 6.92 Å². The first kappa shape index (κ1) is 12.2. The van der Waals surface area contributed by atoms with Gasteiger partial charge in [-0.3, -0.25) is 5.10 Å². The third-order valence-electron chi connectivity index (χ3n) is 1.99. The molecule has 1 aromatic rings. The Bertz CT molecular complexity index is 575. The van der Waals surface area contributed by atoms with E-state index in [4.69, 9.17) is 0 Å². The number of aryl methyl sites for hydroxylation is 1. The van der Waals surface area contributed by atoms with Crippen molar-refractivity contribution in [1.29, 1.82) is 0 Å². The van der Waals surface area contributed by atoms with E-state index in [-0.39, 0.29) is 11.4 Å². The number of rotatable bonds is 2. The van der Waals surface area contributed by atoms with E-state index >= 15 is 0 Å². The third kappa shape index (κ3) is 2.89. The lowest BCUT2D eigenvalue weighted by molar-refractivity contribution is -0.302. The summed E-state index contributed by atoms with van der Waals surface area (Å²) in [6.07, 6.45) is 1.06. The fraction of sp³-hybridized carbons (Fsp3) is 0.182. The summed E-state index contributed by atoms with van der Waals surface area (Å²) in [6.45, 7) is 1.65. The molecule has 18 heavy (non-hydrogen) atoms. The molecule has 0 radical (unpaired) electrons. The van der Waals surface area contributed by atoms with Crippen molar-refractivity contribution in [2.75, 3.05) is 0 Å². The molecule has 0 aromatic carbocycles. The van der Waals surface area contributed by atoms with Crippen molar-refractivity contribution in [3.8, 4) is 0 Å². The van der Waals surface area contributed by atoms with E-state index in [1.807, 2.05) is 0 Å². The highest BCUT2D eigenvalue weighted by Crippen LogP contribution is 2.29. The Morgan fingerprint density at radius 3 is 2.72 bits per heavy atom. The molecule has 0 atom stereocenters. The first-order valence-electron chi connectivity index (χ1n) is 4.95. The van der Waals surface area contributed by atoms with Crippen molar-refractivity contribution >= 4 is 5.57 Å². The SMILES string of the molecule is Cc1nc(C2=CC=CC=C=C2OC(F)(F)F)n[nH]1. The maximum atomic E-state index is 12.3. The quantitative estimate of drug-likeness (QED) is 0.826. The van der Waals surface area contributed by atoms with Crippen LogP contribution < -0.4 is 0 Å². The molecule has 0 bridgehead atoms. The van der Waals surface area contributed by atoms with E-state index in [1.54, 1.807) is 13.0 Å². The second kappa shape index (κ2) is 4.54. The lowest BCUT2D eigenvalue weighted by Gasteiger charge is -2.11. The normalized spacial score (nSPS) is 15.1. The Balaban J connectivity index is 2.40. The minimum Gasteiger partial charge on any atom is -0.397 e. The van der Waals surface area contributed by atoms with Gasteiger partial charge in [-0.1, -0.05) is 17.9 Å². The molecule has 7 heteroatoms.